The summed E-state index contributed by atoms with van der Waals surface area (Å²) in [7, 11) is -0.103. The molecule has 2 aromatic rings. The first kappa shape index (κ1) is 15.1. The van der Waals surface area contributed by atoms with Gasteiger partial charge in [0, 0.05) is 26.3 Å². The molecule has 1 atom stereocenters. The molecule has 1 aliphatic heterocycles. The number of methoxy groups -OCH3 is 1. The predicted molar refractivity (Wildman–Crippen MR) is 82.3 cm³/mol. The van der Waals surface area contributed by atoms with Crippen LogP contribution in [0.3, 0.4) is 0 Å². The van der Waals surface area contributed by atoms with Crippen LogP contribution in [0.15, 0.2) is 41.6 Å². The van der Waals surface area contributed by atoms with Crippen molar-refractivity contribution >= 4 is 10.0 Å². The maximum Gasteiger partial charge on any atom is 0.246 e. The summed E-state index contributed by atoms with van der Waals surface area (Å²) in [6.07, 6.45) is 3.76. The number of ether oxygens (including phenoxy) is 1. The summed E-state index contributed by atoms with van der Waals surface area (Å²) in [5.74, 6) is 1.03. The number of hydrogen-bond donors (Lipinski definition) is 0. The summed E-state index contributed by atoms with van der Waals surface area (Å²) < 4.78 is 33.4. The molecule has 0 amide bonds. The van der Waals surface area contributed by atoms with Crippen molar-refractivity contribution in [1.29, 1.82) is 0 Å². The zero-order chi connectivity index (χ0) is 15.7. The molecular weight excluding hydrogens is 302 g/mol. The summed E-state index contributed by atoms with van der Waals surface area (Å²) in [5.41, 5.74) is 1.14. The van der Waals surface area contributed by atoms with Crippen LogP contribution in [0.1, 0.15) is 17.9 Å². The van der Waals surface area contributed by atoms with E-state index in [1.165, 1.54) is 17.1 Å². The number of hydrogen-bond acceptors (Lipinski definition) is 4. The van der Waals surface area contributed by atoms with Crippen molar-refractivity contribution in [2.45, 2.75) is 17.2 Å². The van der Waals surface area contributed by atoms with Crippen LogP contribution in [0.4, 0.5) is 0 Å². The van der Waals surface area contributed by atoms with Gasteiger partial charge in [0.05, 0.1) is 13.3 Å². The Bertz CT molecular complexity index is 753. The number of sulfonamides is 1. The van der Waals surface area contributed by atoms with Gasteiger partial charge in [-0.05, 0) is 30.0 Å². The van der Waals surface area contributed by atoms with Crippen LogP contribution in [0, 0.1) is 0 Å². The average Bonchev–Trinajstić information content (AvgIpc) is 3.17. The van der Waals surface area contributed by atoms with Crippen molar-refractivity contribution in [2.75, 3.05) is 20.2 Å². The summed E-state index contributed by atoms with van der Waals surface area (Å²) >= 11 is 0. The molecule has 0 aliphatic carbocycles. The summed E-state index contributed by atoms with van der Waals surface area (Å²) in [6, 6.07) is 7.83. The Morgan fingerprint density at radius 1 is 1.27 bits per heavy atom. The molecule has 0 radical (unpaired) electrons. The second kappa shape index (κ2) is 5.73. The molecule has 1 unspecified atom stereocenters. The van der Waals surface area contributed by atoms with E-state index in [1.54, 1.807) is 18.5 Å². The van der Waals surface area contributed by atoms with E-state index in [9.17, 15) is 8.42 Å². The molecule has 118 valence electrons. The number of aromatic nitrogens is 2. The third-order valence-corrected chi connectivity index (χ3v) is 5.88. The molecule has 3 rings (SSSR count). The maximum atomic E-state index is 12.6. The van der Waals surface area contributed by atoms with Crippen LogP contribution < -0.4 is 4.74 Å². The van der Waals surface area contributed by atoms with E-state index in [0.29, 0.717) is 13.1 Å². The number of nitrogens with zero attached hydrogens (tertiary/aromatic N) is 3. The number of aryl methyl sites for hydroxylation is 1. The molecule has 0 spiro atoms. The van der Waals surface area contributed by atoms with Gasteiger partial charge in [0.25, 0.3) is 0 Å². The molecule has 0 saturated carbocycles. The second-order valence-electron chi connectivity index (χ2n) is 5.47. The Morgan fingerprint density at radius 3 is 2.59 bits per heavy atom. The average molecular weight is 321 g/mol. The lowest BCUT2D eigenvalue weighted by molar-refractivity contribution is 0.414. The third kappa shape index (κ3) is 2.74. The van der Waals surface area contributed by atoms with Crippen LogP contribution in [0.25, 0.3) is 0 Å². The van der Waals surface area contributed by atoms with Gasteiger partial charge >= 0.3 is 0 Å². The highest BCUT2D eigenvalue weighted by Crippen LogP contribution is 2.31. The highest BCUT2D eigenvalue weighted by Gasteiger charge is 2.33. The number of rotatable bonds is 4. The van der Waals surface area contributed by atoms with Gasteiger partial charge in [0.15, 0.2) is 0 Å². The van der Waals surface area contributed by atoms with Crippen LogP contribution in [-0.4, -0.2) is 42.7 Å². The van der Waals surface area contributed by atoms with Gasteiger partial charge in [-0.15, -0.1) is 0 Å². The molecule has 0 bridgehead atoms. The molecule has 1 aliphatic rings. The van der Waals surface area contributed by atoms with Gasteiger partial charge in [-0.25, -0.2) is 8.42 Å². The molecular formula is C15H19N3O3S. The maximum absolute atomic E-state index is 12.6. The van der Waals surface area contributed by atoms with E-state index in [1.807, 2.05) is 24.3 Å². The zero-order valence-corrected chi connectivity index (χ0v) is 13.5. The fourth-order valence-electron chi connectivity index (χ4n) is 2.78. The smallest absolute Gasteiger partial charge is 0.246 e. The molecule has 6 nitrogen and oxygen atoms in total. The molecule has 22 heavy (non-hydrogen) atoms. The lowest BCUT2D eigenvalue weighted by Crippen LogP contribution is -2.28. The van der Waals surface area contributed by atoms with Crippen LogP contribution in [0.5, 0.6) is 5.75 Å². The zero-order valence-electron chi connectivity index (χ0n) is 12.6. The van der Waals surface area contributed by atoms with Gasteiger partial charge in [0.2, 0.25) is 10.0 Å². The Kier molecular flexibility index (Phi) is 3.92. The summed E-state index contributed by atoms with van der Waals surface area (Å²) in [4.78, 5) is 0.255. The van der Waals surface area contributed by atoms with Gasteiger partial charge in [0.1, 0.15) is 10.6 Å². The highest BCUT2D eigenvalue weighted by molar-refractivity contribution is 7.89. The molecule has 1 saturated heterocycles. The fraction of sp³-hybridized carbons (Fsp3) is 0.400. The standard InChI is InChI=1S/C15H19N3O3S/c1-17-11-15(9-16-17)22(19,20)18-8-7-13(10-18)12-3-5-14(21-2)6-4-12/h3-6,9,11,13H,7-8,10H2,1-2H3. The van der Waals surface area contributed by atoms with E-state index < -0.39 is 10.0 Å². The van der Waals surface area contributed by atoms with Gasteiger partial charge in [-0.2, -0.15) is 9.40 Å². The van der Waals surface area contributed by atoms with Crippen molar-refractivity contribution in [3.8, 4) is 5.75 Å². The second-order valence-corrected chi connectivity index (χ2v) is 7.41. The third-order valence-electron chi connectivity index (χ3n) is 4.06. The fourth-order valence-corrected chi connectivity index (χ4v) is 4.26. The van der Waals surface area contributed by atoms with Crippen molar-refractivity contribution in [3.63, 3.8) is 0 Å². The highest BCUT2D eigenvalue weighted by atomic mass is 32.2. The van der Waals surface area contributed by atoms with E-state index in [4.69, 9.17) is 4.74 Å². The Morgan fingerprint density at radius 2 is 2.00 bits per heavy atom. The van der Waals surface area contributed by atoms with Crippen molar-refractivity contribution in [2.24, 2.45) is 7.05 Å². The lowest BCUT2D eigenvalue weighted by Gasteiger charge is -2.15. The molecule has 2 heterocycles. The molecule has 1 aromatic carbocycles. The summed E-state index contributed by atoms with van der Waals surface area (Å²) in [5, 5.41) is 3.95. The van der Waals surface area contributed by atoms with Crippen LogP contribution >= 0.6 is 0 Å². The molecule has 0 N–H and O–H groups in total. The van der Waals surface area contributed by atoms with Crippen LogP contribution in [-0.2, 0) is 17.1 Å². The van der Waals surface area contributed by atoms with E-state index in [0.717, 1.165) is 17.7 Å². The minimum atomic E-state index is -3.45. The predicted octanol–water partition coefficient (Wildman–Crippen LogP) is 1.61. The van der Waals surface area contributed by atoms with E-state index in [2.05, 4.69) is 5.10 Å². The number of benzene rings is 1. The normalized spacial score (nSPS) is 19.5. The van der Waals surface area contributed by atoms with Crippen molar-refractivity contribution in [1.82, 2.24) is 14.1 Å². The molecule has 1 fully saturated rings. The minimum absolute atomic E-state index is 0.220. The molecule has 7 heteroatoms. The van der Waals surface area contributed by atoms with Gasteiger partial charge < -0.3 is 4.74 Å². The summed E-state index contributed by atoms with van der Waals surface area (Å²) in [6.45, 7) is 1.04. The van der Waals surface area contributed by atoms with E-state index >= 15 is 0 Å². The first-order chi connectivity index (χ1) is 10.5. The minimum Gasteiger partial charge on any atom is -0.497 e. The topological polar surface area (TPSA) is 64.4 Å². The Balaban J connectivity index is 1.76. The first-order valence-corrected chi connectivity index (χ1v) is 8.57. The largest absolute Gasteiger partial charge is 0.497 e. The van der Waals surface area contributed by atoms with Gasteiger partial charge in [-0.3, -0.25) is 4.68 Å². The quantitative estimate of drug-likeness (QED) is 0.858. The van der Waals surface area contributed by atoms with Crippen molar-refractivity contribution < 1.29 is 13.2 Å². The van der Waals surface area contributed by atoms with E-state index in [-0.39, 0.29) is 10.8 Å². The van der Waals surface area contributed by atoms with Crippen LogP contribution in [0.2, 0.25) is 0 Å². The Hall–Kier alpha value is -1.86. The first-order valence-electron chi connectivity index (χ1n) is 7.13. The Labute approximate surface area is 130 Å². The molecule has 1 aromatic heterocycles. The SMILES string of the molecule is COc1ccc(C2CCN(S(=O)(=O)c3cnn(C)c3)C2)cc1. The van der Waals surface area contributed by atoms with Crippen molar-refractivity contribution in [3.05, 3.63) is 42.2 Å². The monoisotopic (exact) mass is 321 g/mol. The lowest BCUT2D eigenvalue weighted by atomic mass is 9.99. The van der Waals surface area contributed by atoms with Gasteiger partial charge in [-0.1, -0.05) is 12.1 Å².